The second-order valence-electron chi connectivity index (χ2n) is 3.92. The molecular weight excluding hydrogens is 370 g/mol. The maximum Gasteiger partial charge on any atom is 4.00 e. The van der Waals surface area contributed by atoms with E-state index in [1.165, 1.54) is 16.3 Å². The minimum absolute atomic E-state index is 0. The zero-order valence-electron chi connectivity index (χ0n) is 11.0. The number of fused-ring (bicyclic) bond motifs is 1. The summed E-state index contributed by atoms with van der Waals surface area (Å²) in [6.45, 7) is 0.254. The predicted octanol–water partition coefficient (Wildman–Crippen LogP) is -2.50. The summed E-state index contributed by atoms with van der Waals surface area (Å²) in [6, 6.07) is 22.6. The van der Waals surface area contributed by atoms with Gasteiger partial charge in [-0.2, -0.15) is 35.2 Å². The molecule has 1 N–H and O–H groups in total. The van der Waals surface area contributed by atoms with Crippen molar-refractivity contribution in [2.24, 2.45) is 0 Å². The SMILES string of the molecule is OCC[c-]1cccc1.[Cl-].[Cl-].[Zr+4].c1ccc2[cH-]ccc2c1. The third kappa shape index (κ3) is 6.86. The molecule has 4 heteroatoms. The van der Waals surface area contributed by atoms with E-state index in [1.54, 1.807) is 0 Å². The van der Waals surface area contributed by atoms with E-state index in [1.807, 2.05) is 24.3 Å². The van der Waals surface area contributed by atoms with Crippen LogP contribution in [0, 0.1) is 0 Å². The summed E-state index contributed by atoms with van der Waals surface area (Å²) in [5.74, 6) is 0. The Bertz CT molecular complexity index is 516. The first kappa shape index (κ1) is 21.9. The fourth-order valence-electron chi connectivity index (χ4n) is 1.78. The van der Waals surface area contributed by atoms with Crippen LogP contribution in [0.1, 0.15) is 5.56 Å². The Morgan fingerprint density at radius 2 is 1.60 bits per heavy atom. The molecule has 0 saturated heterocycles. The fraction of sp³-hybridized carbons (Fsp3) is 0.125. The van der Waals surface area contributed by atoms with Crippen molar-refractivity contribution in [2.75, 3.05) is 6.61 Å². The zero-order valence-corrected chi connectivity index (χ0v) is 14.9. The van der Waals surface area contributed by atoms with Crippen molar-refractivity contribution < 1.29 is 56.1 Å². The molecule has 1 nitrogen and oxygen atoms in total. The normalized spacial score (nSPS) is 8.45. The molecule has 0 atom stereocenters. The molecule has 20 heavy (non-hydrogen) atoms. The van der Waals surface area contributed by atoms with Crippen LogP contribution < -0.4 is 24.8 Å². The topological polar surface area (TPSA) is 20.2 Å². The van der Waals surface area contributed by atoms with Gasteiger partial charge in [0.05, 0.1) is 0 Å². The summed E-state index contributed by atoms with van der Waals surface area (Å²) in [5, 5.41) is 11.1. The van der Waals surface area contributed by atoms with Gasteiger partial charge in [0, 0.05) is 6.61 Å². The van der Waals surface area contributed by atoms with Gasteiger partial charge in [0.2, 0.25) is 0 Å². The van der Waals surface area contributed by atoms with E-state index in [4.69, 9.17) is 5.11 Å². The van der Waals surface area contributed by atoms with Crippen molar-refractivity contribution in [3.8, 4) is 0 Å². The number of aliphatic hydroxyl groups is 1. The van der Waals surface area contributed by atoms with Crippen molar-refractivity contribution in [3.05, 3.63) is 72.3 Å². The molecule has 0 unspecified atom stereocenters. The van der Waals surface area contributed by atoms with Gasteiger partial charge in [-0.05, 0) is 0 Å². The smallest absolute Gasteiger partial charge is 1.00 e. The van der Waals surface area contributed by atoms with Gasteiger partial charge in [0.25, 0.3) is 0 Å². The summed E-state index contributed by atoms with van der Waals surface area (Å²) >= 11 is 0. The van der Waals surface area contributed by atoms with Crippen LogP contribution in [0.4, 0.5) is 0 Å². The largest absolute Gasteiger partial charge is 4.00 e. The van der Waals surface area contributed by atoms with Gasteiger partial charge in [-0.1, -0.05) is 12.5 Å². The third-order valence-corrected chi connectivity index (χ3v) is 2.68. The van der Waals surface area contributed by atoms with Crippen LogP contribution in [-0.2, 0) is 32.6 Å². The fourth-order valence-corrected chi connectivity index (χ4v) is 1.78. The number of rotatable bonds is 2. The summed E-state index contributed by atoms with van der Waals surface area (Å²) in [4.78, 5) is 0. The van der Waals surface area contributed by atoms with Crippen LogP contribution in [0.5, 0.6) is 0 Å². The molecule has 3 aromatic carbocycles. The molecule has 0 spiro atoms. The van der Waals surface area contributed by atoms with Gasteiger partial charge in [0.1, 0.15) is 0 Å². The van der Waals surface area contributed by atoms with Crippen molar-refractivity contribution in [3.63, 3.8) is 0 Å². The quantitative estimate of drug-likeness (QED) is 0.483. The molecule has 0 aliphatic rings. The molecule has 0 aliphatic carbocycles. The van der Waals surface area contributed by atoms with Gasteiger partial charge in [-0.15, -0.1) is 29.7 Å². The maximum atomic E-state index is 8.44. The van der Waals surface area contributed by atoms with E-state index in [9.17, 15) is 0 Å². The van der Waals surface area contributed by atoms with Gasteiger partial charge in [-0.3, -0.25) is 0 Å². The molecule has 0 radical (unpaired) electrons. The molecule has 0 amide bonds. The summed E-state index contributed by atoms with van der Waals surface area (Å²) in [6.07, 6.45) is 0.785. The number of hydrogen-bond donors (Lipinski definition) is 1. The van der Waals surface area contributed by atoms with Crippen LogP contribution in [0.3, 0.4) is 0 Å². The molecule has 0 bridgehead atoms. The van der Waals surface area contributed by atoms with Crippen LogP contribution in [0.2, 0.25) is 0 Å². The number of benzene rings is 1. The Labute approximate surface area is 151 Å². The Morgan fingerprint density at radius 3 is 2.20 bits per heavy atom. The van der Waals surface area contributed by atoms with E-state index < -0.39 is 0 Å². The summed E-state index contributed by atoms with van der Waals surface area (Å²) in [5.41, 5.74) is 1.22. The Balaban J connectivity index is 0. The Hall–Kier alpha value is -0.397. The standard InChI is InChI=1S/C9H7.C7H9O.2ClH.Zr/c1-2-5-9-7-3-6-8(9)4-1;8-6-5-7-3-1-2-4-7;;;/h1-7H;1-4,8H,5-6H2;2*1H;/q2*-1;;;+4/p-2. The molecule has 104 valence electrons. The molecule has 0 aromatic heterocycles. The molecule has 3 rings (SSSR count). The average Bonchev–Trinajstić information content (AvgIpc) is 3.00. The number of aliphatic hydroxyl groups excluding tert-OH is 1. The molecule has 0 fully saturated rings. The van der Waals surface area contributed by atoms with Gasteiger partial charge in [-0.25, -0.2) is 12.1 Å². The van der Waals surface area contributed by atoms with E-state index in [0.29, 0.717) is 0 Å². The molecular formula is C16H16Cl2OZr. The number of halogens is 2. The summed E-state index contributed by atoms with van der Waals surface area (Å²) in [7, 11) is 0. The monoisotopic (exact) mass is 384 g/mol. The van der Waals surface area contributed by atoms with Crippen molar-refractivity contribution in [1.82, 2.24) is 0 Å². The van der Waals surface area contributed by atoms with Gasteiger partial charge in [0.15, 0.2) is 0 Å². The number of hydrogen-bond acceptors (Lipinski definition) is 1. The second-order valence-corrected chi connectivity index (χ2v) is 3.92. The van der Waals surface area contributed by atoms with E-state index >= 15 is 0 Å². The first-order chi connectivity index (χ1) is 8.40. The van der Waals surface area contributed by atoms with Crippen molar-refractivity contribution >= 4 is 10.8 Å². The predicted molar refractivity (Wildman–Crippen MR) is 72.4 cm³/mol. The Morgan fingerprint density at radius 1 is 0.950 bits per heavy atom. The molecule has 0 aliphatic heterocycles. The molecule has 0 heterocycles. The Kier molecular flexibility index (Phi) is 13.5. The van der Waals surface area contributed by atoms with E-state index in [-0.39, 0.29) is 57.6 Å². The van der Waals surface area contributed by atoms with Crippen LogP contribution in [0.25, 0.3) is 10.8 Å². The molecule has 3 aromatic rings. The van der Waals surface area contributed by atoms with Crippen LogP contribution in [-0.4, -0.2) is 11.7 Å². The van der Waals surface area contributed by atoms with E-state index in [2.05, 4.69) is 42.5 Å². The van der Waals surface area contributed by atoms with Crippen molar-refractivity contribution in [2.45, 2.75) is 6.42 Å². The molecule has 0 saturated carbocycles. The van der Waals surface area contributed by atoms with E-state index in [0.717, 1.165) is 6.42 Å². The summed E-state index contributed by atoms with van der Waals surface area (Å²) < 4.78 is 0. The average molecular weight is 386 g/mol. The minimum atomic E-state index is 0. The second kappa shape index (κ2) is 12.4. The van der Waals surface area contributed by atoms with Gasteiger partial charge >= 0.3 is 26.2 Å². The third-order valence-electron chi connectivity index (χ3n) is 2.68. The van der Waals surface area contributed by atoms with Gasteiger partial charge < -0.3 is 29.9 Å². The minimum Gasteiger partial charge on any atom is -1.00 e. The zero-order chi connectivity index (χ0) is 11.9. The first-order valence-electron chi connectivity index (χ1n) is 5.82. The first-order valence-corrected chi connectivity index (χ1v) is 5.82. The van der Waals surface area contributed by atoms with Crippen molar-refractivity contribution in [1.29, 1.82) is 0 Å². The van der Waals surface area contributed by atoms with Crippen LogP contribution in [0.15, 0.2) is 66.7 Å². The van der Waals surface area contributed by atoms with Crippen LogP contribution >= 0.6 is 0 Å². The maximum absolute atomic E-state index is 8.44.